The Kier molecular flexibility index (Phi) is 4.60. The highest BCUT2D eigenvalue weighted by molar-refractivity contribution is 5.89. The van der Waals surface area contributed by atoms with Gasteiger partial charge in [0, 0.05) is 12.2 Å². The molecular formula is C14H18N4O2. The van der Waals surface area contributed by atoms with Gasteiger partial charge in [0.2, 0.25) is 0 Å². The zero-order chi connectivity index (χ0) is 14.4. The second-order valence-electron chi connectivity index (χ2n) is 4.54. The number of rotatable bonds is 5. The van der Waals surface area contributed by atoms with Crippen LogP contribution in [0.3, 0.4) is 0 Å². The molecule has 0 spiro atoms. The summed E-state index contributed by atoms with van der Waals surface area (Å²) in [5.74, 6) is 0.817. The van der Waals surface area contributed by atoms with E-state index < -0.39 is 0 Å². The Labute approximate surface area is 117 Å². The first kappa shape index (κ1) is 13.9. The Morgan fingerprint density at radius 2 is 2.35 bits per heavy atom. The molecule has 0 radical (unpaired) electrons. The average Bonchev–Trinajstić information content (AvgIpc) is 2.91. The molecule has 6 nitrogen and oxygen atoms in total. The smallest absolute Gasteiger partial charge is 0.319 e. The maximum absolute atomic E-state index is 11.7. The lowest BCUT2D eigenvalue weighted by Gasteiger charge is -2.14. The van der Waals surface area contributed by atoms with E-state index in [2.05, 4.69) is 20.8 Å². The topological polar surface area (TPSA) is 79.0 Å². The van der Waals surface area contributed by atoms with E-state index in [1.807, 2.05) is 31.2 Å². The van der Waals surface area contributed by atoms with Gasteiger partial charge in [-0.2, -0.15) is 5.10 Å². The molecule has 0 saturated carbocycles. The maximum Gasteiger partial charge on any atom is 0.319 e. The number of nitrogens with one attached hydrogen (secondary N) is 3. The van der Waals surface area contributed by atoms with Crippen LogP contribution in [0.4, 0.5) is 10.5 Å². The van der Waals surface area contributed by atoms with Crippen molar-refractivity contribution in [2.75, 3.05) is 12.4 Å². The SMILES string of the molecule is COc1cccc(C[C@H](C)NC(=O)Nc2cn[nH]c2)c1. The molecule has 3 N–H and O–H groups in total. The van der Waals surface area contributed by atoms with Crippen LogP contribution >= 0.6 is 0 Å². The predicted octanol–water partition coefficient (Wildman–Crippen LogP) is 2.17. The Morgan fingerprint density at radius 3 is 3.05 bits per heavy atom. The number of carbonyl (C=O) groups is 1. The van der Waals surface area contributed by atoms with Gasteiger partial charge in [-0.25, -0.2) is 4.79 Å². The minimum atomic E-state index is -0.248. The Morgan fingerprint density at radius 1 is 1.50 bits per heavy atom. The van der Waals surface area contributed by atoms with E-state index in [1.165, 1.54) is 0 Å². The van der Waals surface area contributed by atoms with E-state index in [1.54, 1.807) is 19.5 Å². The number of benzene rings is 1. The molecule has 106 valence electrons. The summed E-state index contributed by atoms with van der Waals surface area (Å²) in [4.78, 5) is 11.7. The Hall–Kier alpha value is -2.50. The summed E-state index contributed by atoms with van der Waals surface area (Å²) >= 11 is 0. The van der Waals surface area contributed by atoms with Crippen LogP contribution in [0.2, 0.25) is 0 Å². The monoisotopic (exact) mass is 274 g/mol. The number of ether oxygens (including phenoxy) is 1. The number of anilines is 1. The molecule has 0 saturated heterocycles. The number of nitrogens with zero attached hydrogens (tertiary/aromatic N) is 1. The maximum atomic E-state index is 11.7. The van der Waals surface area contributed by atoms with Gasteiger partial charge in [0.05, 0.1) is 19.0 Å². The van der Waals surface area contributed by atoms with E-state index in [-0.39, 0.29) is 12.1 Å². The van der Waals surface area contributed by atoms with Crippen LogP contribution in [-0.2, 0) is 6.42 Å². The lowest BCUT2D eigenvalue weighted by atomic mass is 10.1. The van der Waals surface area contributed by atoms with Crippen LogP contribution in [0.15, 0.2) is 36.7 Å². The van der Waals surface area contributed by atoms with Crippen molar-refractivity contribution in [1.29, 1.82) is 0 Å². The van der Waals surface area contributed by atoms with Crippen LogP contribution in [0.1, 0.15) is 12.5 Å². The van der Waals surface area contributed by atoms with Crippen molar-refractivity contribution in [3.8, 4) is 5.75 Å². The molecule has 2 amide bonds. The van der Waals surface area contributed by atoms with Gasteiger partial charge in [0.25, 0.3) is 0 Å². The molecule has 1 atom stereocenters. The summed E-state index contributed by atoms with van der Waals surface area (Å²) in [6, 6.07) is 7.57. The lowest BCUT2D eigenvalue weighted by Crippen LogP contribution is -2.37. The number of amides is 2. The van der Waals surface area contributed by atoms with E-state index in [0.29, 0.717) is 5.69 Å². The van der Waals surface area contributed by atoms with Crippen molar-refractivity contribution in [3.63, 3.8) is 0 Å². The predicted molar refractivity (Wildman–Crippen MR) is 76.9 cm³/mol. The Balaban J connectivity index is 1.85. The molecule has 0 aliphatic heterocycles. The fourth-order valence-corrected chi connectivity index (χ4v) is 1.91. The summed E-state index contributed by atoms with van der Waals surface area (Å²) in [6.45, 7) is 1.95. The standard InChI is InChI=1S/C14H18N4O2/c1-10(6-11-4-3-5-13(7-11)20-2)17-14(19)18-12-8-15-16-9-12/h3-5,7-10H,6H2,1-2H3,(H,15,16)(H2,17,18,19)/t10-/m0/s1. The number of hydrogen-bond donors (Lipinski definition) is 3. The van der Waals surface area contributed by atoms with Gasteiger partial charge in [-0.15, -0.1) is 0 Å². The van der Waals surface area contributed by atoms with Gasteiger partial charge in [0.1, 0.15) is 5.75 Å². The zero-order valence-corrected chi connectivity index (χ0v) is 11.5. The molecule has 20 heavy (non-hydrogen) atoms. The third-order valence-corrected chi connectivity index (χ3v) is 2.81. The van der Waals surface area contributed by atoms with Crippen molar-refractivity contribution < 1.29 is 9.53 Å². The van der Waals surface area contributed by atoms with E-state index >= 15 is 0 Å². The summed E-state index contributed by atoms with van der Waals surface area (Å²) < 4.78 is 5.18. The number of carbonyl (C=O) groups excluding carboxylic acids is 1. The van der Waals surface area contributed by atoms with Crippen molar-refractivity contribution in [2.24, 2.45) is 0 Å². The van der Waals surface area contributed by atoms with Gasteiger partial charge in [-0.1, -0.05) is 12.1 Å². The molecule has 6 heteroatoms. The molecule has 0 bridgehead atoms. The fourth-order valence-electron chi connectivity index (χ4n) is 1.91. The van der Waals surface area contributed by atoms with Crippen LogP contribution < -0.4 is 15.4 Å². The number of aromatic amines is 1. The van der Waals surface area contributed by atoms with Crippen LogP contribution in [0, 0.1) is 0 Å². The van der Waals surface area contributed by atoms with Gasteiger partial charge >= 0.3 is 6.03 Å². The minimum absolute atomic E-state index is 0.00834. The number of urea groups is 1. The third-order valence-electron chi connectivity index (χ3n) is 2.81. The molecular weight excluding hydrogens is 256 g/mol. The second-order valence-corrected chi connectivity index (χ2v) is 4.54. The van der Waals surface area contributed by atoms with Gasteiger partial charge in [-0.05, 0) is 31.0 Å². The summed E-state index contributed by atoms with van der Waals surface area (Å²) in [5, 5.41) is 12.0. The molecule has 0 fully saturated rings. The normalized spacial score (nSPS) is 11.7. The van der Waals surface area contributed by atoms with Crippen molar-refractivity contribution in [1.82, 2.24) is 15.5 Å². The van der Waals surface area contributed by atoms with Crippen LogP contribution in [0.25, 0.3) is 0 Å². The number of hydrogen-bond acceptors (Lipinski definition) is 3. The summed E-state index contributed by atoms with van der Waals surface area (Å²) in [5.41, 5.74) is 1.75. The molecule has 1 aromatic carbocycles. The van der Waals surface area contributed by atoms with Gasteiger partial charge in [-0.3, -0.25) is 5.10 Å². The third kappa shape index (κ3) is 4.01. The highest BCUT2D eigenvalue weighted by Gasteiger charge is 2.09. The van der Waals surface area contributed by atoms with Crippen molar-refractivity contribution in [2.45, 2.75) is 19.4 Å². The number of aromatic nitrogens is 2. The first-order valence-electron chi connectivity index (χ1n) is 6.36. The minimum Gasteiger partial charge on any atom is -0.497 e. The molecule has 0 unspecified atom stereocenters. The van der Waals surface area contributed by atoms with Crippen LogP contribution in [-0.4, -0.2) is 29.4 Å². The largest absolute Gasteiger partial charge is 0.497 e. The first-order chi connectivity index (χ1) is 9.67. The molecule has 0 aliphatic carbocycles. The highest BCUT2D eigenvalue weighted by atomic mass is 16.5. The van der Waals surface area contributed by atoms with Crippen molar-refractivity contribution >= 4 is 11.7 Å². The fraction of sp³-hybridized carbons (Fsp3) is 0.286. The zero-order valence-electron chi connectivity index (χ0n) is 11.5. The Bertz CT molecular complexity index is 554. The average molecular weight is 274 g/mol. The van der Waals surface area contributed by atoms with E-state index in [9.17, 15) is 4.79 Å². The lowest BCUT2D eigenvalue weighted by molar-refractivity contribution is 0.249. The first-order valence-corrected chi connectivity index (χ1v) is 6.36. The number of methoxy groups -OCH3 is 1. The van der Waals surface area contributed by atoms with Gasteiger partial charge < -0.3 is 15.4 Å². The van der Waals surface area contributed by atoms with E-state index in [0.717, 1.165) is 17.7 Å². The summed E-state index contributed by atoms with van der Waals surface area (Å²) in [7, 11) is 1.64. The highest BCUT2D eigenvalue weighted by Crippen LogP contribution is 2.14. The molecule has 1 heterocycles. The quantitative estimate of drug-likeness (QED) is 0.781. The van der Waals surface area contributed by atoms with E-state index in [4.69, 9.17) is 4.74 Å². The molecule has 1 aromatic heterocycles. The second kappa shape index (κ2) is 6.60. The molecule has 2 aromatic rings. The number of H-pyrrole nitrogens is 1. The summed E-state index contributed by atoms with van der Waals surface area (Å²) in [6.07, 6.45) is 3.90. The molecule has 2 rings (SSSR count). The van der Waals surface area contributed by atoms with Crippen molar-refractivity contribution in [3.05, 3.63) is 42.2 Å². The van der Waals surface area contributed by atoms with Crippen LogP contribution in [0.5, 0.6) is 5.75 Å². The van der Waals surface area contributed by atoms with Gasteiger partial charge in [0.15, 0.2) is 0 Å². The molecule has 0 aliphatic rings.